The number of benzene rings is 1. The largest absolute Gasteiger partial charge is 0.419 e. The number of aromatic nitrogens is 6. The molecule has 1 aliphatic carbocycles. The van der Waals surface area contributed by atoms with Gasteiger partial charge >= 0.3 is 6.18 Å². The minimum Gasteiger partial charge on any atom is -0.373 e. The second kappa shape index (κ2) is 9.04. The highest BCUT2D eigenvalue weighted by atomic mass is 19.4. The van der Waals surface area contributed by atoms with Gasteiger partial charge in [0.2, 0.25) is 0 Å². The molecular formula is C26H23F5N6O. The molecule has 0 radical (unpaired) electrons. The Morgan fingerprint density at radius 3 is 2.45 bits per heavy atom. The number of aryl methyl sites for hydroxylation is 2. The average molecular weight is 531 g/mol. The SMILES string of the molecule is Cc1nc2nc([C@H]3CCO[C@@H](c4cnn(C5CC5)c4)C3)nc(-c3cc(C(F)(F)F)c(F)cc3F)c2nc1C. The molecular weight excluding hydrogens is 507 g/mol. The molecule has 7 nitrogen and oxygen atoms in total. The lowest BCUT2D eigenvalue weighted by Crippen LogP contribution is -2.20. The molecule has 0 N–H and O–H groups in total. The van der Waals surface area contributed by atoms with Crippen molar-refractivity contribution >= 4 is 11.2 Å². The van der Waals surface area contributed by atoms with Crippen molar-refractivity contribution in [2.45, 2.75) is 63.8 Å². The Balaban J connectivity index is 1.45. The van der Waals surface area contributed by atoms with Gasteiger partial charge in [-0.05, 0) is 45.6 Å². The van der Waals surface area contributed by atoms with Gasteiger partial charge in [-0.2, -0.15) is 18.3 Å². The Labute approximate surface area is 214 Å². The fourth-order valence-electron chi connectivity index (χ4n) is 4.77. The lowest BCUT2D eigenvalue weighted by atomic mass is 9.92. The summed E-state index contributed by atoms with van der Waals surface area (Å²) in [5.41, 5.74) is -0.0909. The van der Waals surface area contributed by atoms with Crippen LogP contribution in [0.5, 0.6) is 0 Å². The number of hydrogen-bond donors (Lipinski definition) is 0. The molecule has 1 aliphatic heterocycles. The maximum Gasteiger partial charge on any atom is 0.419 e. The van der Waals surface area contributed by atoms with Crippen LogP contribution in [0.2, 0.25) is 0 Å². The van der Waals surface area contributed by atoms with E-state index in [0.717, 1.165) is 18.4 Å². The molecule has 1 saturated carbocycles. The smallest absolute Gasteiger partial charge is 0.373 e. The van der Waals surface area contributed by atoms with E-state index in [-0.39, 0.29) is 34.9 Å². The predicted molar refractivity (Wildman–Crippen MR) is 126 cm³/mol. The first kappa shape index (κ1) is 24.8. The van der Waals surface area contributed by atoms with E-state index in [9.17, 15) is 22.0 Å². The van der Waals surface area contributed by atoms with Gasteiger partial charge in [-0.15, -0.1) is 0 Å². The predicted octanol–water partition coefficient (Wildman–Crippen LogP) is 6.17. The molecule has 0 bridgehead atoms. The Hall–Kier alpha value is -3.54. The van der Waals surface area contributed by atoms with Crippen molar-refractivity contribution in [2.75, 3.05) is 6.61 Å². The van der Waals surface area contributed by atoms with Gasteiger partial charge in [0.1, 0.15) is 28.7 Å². The standard InChI is InChI=1S/C26H23F5N6O/c1-12-13(2)34-25-23(33-12)22(17-8-18(26(29,30)31)20(28)9-19(17)27)35-24(36-25)14-5-6-38-21(7-14)15-10-32-37(11-15)16-3-4-16/h8-11,14,16,21H,3-7H2,1-2H3/t14-,21+/m0/s1. The molecule has 2 atom stereocenters. The van der Waals surface area contributed by atoms with Gasteiger partial charge in [-0.25, -0.2) is 28.7 Å². The van der Waals surface area contributed by atoms with Crippen molar-refractivity contribution in [3.63, 3.8) is 0 Å². The van der Waals surface area contributed by atoms with Crippen LogP contribution in [0.4, 0.5) is 22.0 Å². The normalized spacial score (nSPS) is 20.3. The van der Waals surface area contributed by atoms with Crippen LogP contribution in [0.25, 0.3) is 22.4 Å². The van der Waals surface area contributed by atoms with Gasteiger partial charge in [0.15, 0.2) is 5.65 Å². The lowest BCUT2D eigenvalue weighted by Gasteiger charge is -2.28. The molecule has 12 heteroatoms. The summed E-state index contributed by atoms with van der Waals surface area (Å²) in [6, 6.07) is 1.08. The van der Waals surface area contributed by atoms with Crippen LogP contribution in [0, 0.1) is 25.5 Å². The van der Waals surface area contributed by atoms with Crippen molar-refractivity contribution in [1.82, 2.24) is 29.7 Å². The Bertz CT molecular complexity index is 1550. The molecule has 2 aliphatic rings. The van der Waals surface area contributed by atoms with Gasteiger partial charge in [-0.1, -0.05) is 0 Å². The van der Waals surface area contributed by atoms with E-state index < -0.39 is 28.9 Å². The molecule has 198 valence electrons. The van der Waals surface area contributed by atoms with Gasteiger partial charge in [0, 0.05) is 35.9 Å². The summed E-state index contributed by atoms with van der Waals surface area (Å²) in [5.74, 6) is -2.83. The van der Waals surface area contributed by atoms with Gasteiger partial charge in [0.25, 0.3) is 0 Å². The number of ether oxygens (including phenoxy) is 1. The van der Waals surface area contributed by atoms with E-state index in [1.165, 1.54) is 0 Å². The Morgan fingerprint density at radius 1 is 0.947 bits per heavy atom. The Morgan fingerprint density at radius 2 is 1.71 bits per heavy atom. The molecule has 6 rings (SSSR count). The Kier molecular flexibility index (Phi) is 5.89. The molecule has 0 amide bonds. The first-order valence-electron chi connectivity index (χ1n) is 12.3. The van der Waals surface area contributed by atoms with Gasteiger partial charge < -0.3 is 4.74 Å². The molecule has 4 aromatic rings. The van der Waals surface area contributed by atoms with Crippen LogP contribution >= 0.6 is 0 Å². The van der Waals surface area contributed by atoms with E-state index >= 15 is 0 Å². The zero-order chi connectivity index (χ0) is 26.8. The highest BCUT2D eigenvalue weighted by Gasteiger charge is 2.36. The molecule has 1 saturated heterocycles. The molecule has 3 aromatic heterocycles. The maximum atomic E-state index is 15.0. The molecule has 4 heterocycles. The molecule has 0 spiro atoms. The fraction of sp³-hybridized carbons (Fsp3) is 0.423. The lowest BCUT2D eigenvalue weighted by molar-refractivity contribution is -0.140. The summed E-state index contributed by atoms with van der Waals surface area (Å²) in [4.78, 5) is 18.0. The summed E-state index contributed by atoms with van der Waals surface area (Å²) in [6.07, 6.45) is 1.71. The monoisotopic (exact) mass is 530 g/mol. The van der Waals surface area contributed by atoms with E-state index in [0.29, 0.717) is 48.8 Å². The summed E-state index contributed by atoms with van der Waals surface area (Å²) < 4.78 is 77.5. The third kappa shape index (κ3) is 4.50. The fourth-order valence-corrected chi connectivity index (χ4v) is 4.77. The first-order valence-corrected chi connectivity index (χ1v) is 12.3. The molecule has 2 fully saturated rings. The van der Waals surface area contributed by atoms with Crippen molar-refractivity contribution < 1.29 is 26.7 Å². The zero-order valence-corrected chi connectivity index (χ0v) is 20.6. The summed E-state index contributed by atoms with van der Waals surface area (Å²) in [7, 11) is 0. The van der Waals surface area contributed by atoms with Gasteiger partial charge in [0.05, 0.1) is 35.3 Å². The van der Waals surface area contributed by atoms with Gasteiger partial charge in [-0.3, -0.25) is 4.68 Å². The van der Waals surface area contributed by atoms with Crippen molar-refractivity contribution in [2.24, 2.45) is 0 Å². The van der Waals surface area contributed by atoms with Crippen LogP contribution in [0.1, 0.15) is 72.1 Å². The topological polar surface area (TPSA) is 78.6 Å². The number of hydrogen-bond acceptors (Lipinski definition) is 6. The third-order valence-corrected chi connectivity index (χ3v) is 7.14. The highest BCUT2D eigenvalue weighted by Crippen LogP contribution is 2.41. The zero-order valence-electron chi connectivity index (χ0n) is 20.6. The van der Waals surface area contributed by atoms with Crippen molar-refractivity contribution in [3.05, 3.63) is 64.5 Å². The van der Waals surface area contributed by atoms with E-state index in [1.807, 2.05) is 10.9 Å². The molecule has 0 unspecified atom stereocenters. The van der Waals surface area contributed by atoms with E-state index in [4.69, 9.17) is 4.74 Å². The second-order valence-corrected chi connectivity index (χ2v) is 9.87. The van der Waals surface area contributed by atoms with Crippen LogP contribution in [0.15, 0.2) is 24.5 Å². The second-order valence-electron chi connectivity index (χ2n) is 9.87. The molecule has 38 heavy (non-hydrogen) atoms. The first-order chi connectivity index (χ1) is 18.1. The minimum absolute atomic E-state index is 0.0461. The third-order valence-electron chi connectivity index (χ3n) is 7.14. The highest BCUT2D eigenvalue weighted by molar-refractivity contribution is 5.87. The minimum atomic E-state index is -5.02. The number of rotatable bonds is 4. The maximum absolute atomic E-state index is 15.0. The average Bonchev–Trinajstić information content (AvgIpc) is 3.60. The van der Waals surface area contributed by atoms with Crippen molar-refractivity contribution in [3.8, 4) is 11.3 Å². The number of nitrogens with zero attached hydrogens (tertiary/aromatic N) is 6. The number of halogens is 5. The van der Waals surface area contributed by atoms with Crippen LogP contribution in [-0.4, -0.2) is 36.3 Å². The summed E-state index contributed by atoms with van der Waals surface area (Å²) >= 11 is 0. The number of alkyl halides is 3. The summed E-state index contributed by atoms with van der Waals surface area (Å²) in [5, 5.41) is 4.43. The quantitative estimate of drug-likeness (QED) is 0.294. The van der Waals surface area contributed by atoms with Crippen LogP contribution < -0.4 is 0 Å². The van der Waals surface area contributed by atoms with Crippen molar-refractivity contribution in [1.29, 1.82) is 0 Å². The molecule has 1 aromatic carbocycles. The van der Waals surface area contributed by atoms with Crippen LogP contribution in [-0.2, 0) is 10.9 Å². The van der Waals surface area contributed by atoms with E-state index in [1.54, 1.807) is 20.0 Å². The summed E-state index contributed by atoms with van der Waals surface area (Å²) in [6.45, 7) is 3.81. The van der Waals surface area contributed by atoms with Crippen LogP contribution in [0.3, 0.4) is 0 Å². The number of fused-ring (bicyclic) bond motifs is 1. The van der Waals surface area contributed by atoms with E-state index in [2.05, 4.69) is 25.0 Å².